The molecule has 0 aliphatic heterocycles. The minimum atomic E-state index is -0.119. The zero-order chi connectivity index (χ0) is 16.8. The molecule has 1 atom stereocenters. The van der Waals surface area contributed by atoms with Gasteiger partial charge in [0.2, 0.25) is 0 Å². The van der Waals surface area contributed by atoms with Gasteiger partial charge in [-0.2, -0.15) is 0 Å². The SMILES string of the molecule is C[C@H](NCCc1ccccn1)c1ccc(NC(=O)NC2CC2)cc1. The molecule has 2 amide bonds. The molecule has 0 radical (unpaired) electrons. The van der Waals surface area contributed by atoms with E-state index in [1.165, 1.54) is 5.56 Å². The zero-order valence-corrected chi connectivity index (χ0v) is 14.0. The maximum atomic E-state index is 11.7. The Bertz CT molecular complexity index is 653. The van der Waals surface area contributed by atoms with Gasteiger partial charge in [0.15, 0.2) is 0 Å². The van der Waals surface area contributed by atoms with Crippen molar-refractivity contribution in [2.24, 2.45) is 0 Å². The molecular formula is C19H24N4O. The summed E-state index contributed by atoms with van der Waals surface area (Å²) in [6.45, 7) is 3.02. The summed E-state index contributed by atoms with van der Waals surface area (Å²) in [5.41, 5.74) is 3.11. The van der Waals surface area contributed by atoms with Crippen molar-refractivity contribution < 1.29 is 4.79 Å². The number of anilines is 1. The molecule has 1 aromatic carbocycles. The summed E-state index contributed by atoms with van der Waals surface area (Å²) in [7, 11) is 0. The Kier molecular flexibility index (Phi) is 5.43. The van der Waals surface area contributed by atoms with Crippen molar-refractivity contribution in [3.8, 4) is 0 Å². The first-order chi connectivity index (χ1) is 11.7. The van der Waals surface area contributed by atoms with Crippen molar-refractivity contribution in [3.63, 3.8) is 0 Å². The molecule has 1 heterocycles. The maximum absolute atomic E-state index is 11.7. The van der Waals surface area contributed by atoms with E-state index in [1.807, 2.05) is 48.7 Å². The molecule has 0 saturated heterocycles. The summed E-state index contributed by atoms with van der Waals surface area (Å²) < 4.78 is 0. The first kappa shape index (κ1) is 16.5. The Morgan fingerprint density at radius 1 is 1.21 bits per heavy atom. The van der Waals surface area contributed by atoms with Gasteiger partial charge in [-0.05, 0) is 49.6 Å². The van der Waals surface area contributed by atoms with Gasteiger partial charge in [-0.15, -0.1) is 0 Å². The van der Waals surface area contributed by atoms with Crippen LogP contribution < -0.4 is 16.0 Å². The van der Waals surface area contributed by atoms with Gasteiger partial charge in [-0.1, -0.05) is 18.2 Å². The average molecular weight is 324 g/mol. The lowest BCUT2D eigenvalue weighted by atomic mass is 10.1. The summed E-state index contributed by atoms with van der Waals surface area (Å²) in [5, 5.41) is 9.28. The smallest absolute Gasteiger partial charge is 0.319 e. The number of urea groups is 1. The summed E-state index contributed by atoms with van der Waals surface area (Å²) >= 11 is 0. The number of carbonyl (C=O) groups is 1. The highest BCUT2D eigenvalue weighted by atomic mass is 16.2. The molecule has 5 heteroatoms. The predicted octanol–water partition coefficient (Wildman–Crippen LogP) is 3.26. The Morgan fingerprint density at radius 3 is 2.67 bits per heavy atom. The second-order valence-corrected chi connectivity index (χ2v) is 6.24. The lowest BCUT2D eigenvalue weighted by molar-refractivity contribution is 0.251. The van der Waals surface area contributed by atoms with E-state index in [-0.39, 0.29) is 12.1 Å². The van der Waals surface area contributed by atoms with Crippen LogP contribution in [0.1, 0.15) is 37.1 Å². The Labute approximate surface area is 142 Å². The normalized spacial score (nSPS) is 14.9. The summed E-state index contributed by atoms with van der Waals surface area (Å²) in [6.07, 6.45) is 4.91. The Morgan fingerprint density at radius 2 is 2.00 bits per heavy atom. The Balaban J connectivity index is 1.44. The van der Waals surface area contributed by atoms with E-state index in [9.17, 15) is 4.79 Å². The second kappa shape index (κ2) is 7.93. The second-order valence-electron chi connectivity index (χ2n) is 6.24. The Hall–Kier alpha value is -2.40. The van der Waals surface area contributed by atoms with Crippen LogP contribution in [0.2, 0.25) is 0 Å². The number of pyridine rings is 1. The van der Waals surface area contributed by atoms with Gasteiger partial charge < -0.3 is 16.0 Å². The molecule has 1 aliphatic carbocycles. The zero-order valence-electron chi connectivity index (χ0n) is 14.0. The molecule has 24 heavy (non-hydrogen) atoms. The predicted molar refractivity (Wildman–Crippen MR) is 96.0 cm³/mol. The number of nitrogens with zero attached hydrogens (tertiary/aromatic N) is 1. The van der Waals surface area contributed by atoms with E-state index < -0.39 is 0 Å². The van der Waals surface area contributed by atoms with E-state index in [0.29, 0.717) is 6.04 Å². The fourth-order valence-corrected chi connectivity index (χ4v) is 2.52. The van der Waals surface area contributed by atoms with Gasteiger partial charge in [0, 0.05) is 42.6 Å². The maximum Gasteiger partial charge on any atom is 0.319 e. The first-order valence-corrected chi connectivity index (χ1v) is 8.51. The number of hydrogen-bond acceptors (Lipinski definition) is 3. The van der Waals surface area contributed by atoms with E-state index >= 15 is 0 Å². The van der Waals surface area contributed by atoms with Crippen LogP contribution in [0.4, 0.5) is 10.5 Å². The minimum Gasteiger partial charge on any atom is -0.335 e. The molecule has 3 N–H and O–H groups in total. The quantitative estimate of drug-likeness (QED) is 0.732. The molecule has 1 fully saturated rings. The third kappa shape index (κ3) is 5.06. The van der Waals surface area contributed by atoms with Crippen molar-refractivity contribution in [1.82, 2.24) is 15.6 Å². The van der Waals surface area contributed by atoms with Crippen LogP contribution in [0.5, 0.6) is 0 Å². The molecule has 0 bridgehead atoms. The average Bonchev–Trinajstić information content (AvgIpc) is 3.40. The number of rotatable bonds is 7. The van der Waals surface area contributed by atoms with Crippen molar-refractivity contribution >= 4 is 11.7 Å². The molecule has 5 nitrogen and oxygen atoms in total. The molecule has 1 saturated carbocycles. The van der Waals surface area contributed by atoms with E-state index in [2.05, 4.69) is 27.9 Å². The van der Waals surface area contributed by atoms with Crippen LogP contribution >= 0.6 is 0 Å². The van der Waals surface area contributed by atoms with Crippen molar-refractivity contribution in [2.75, 3.05) is 11.9 Å². The summed E-state index contributed by atoms with van der Waals surface area (Å²) in [6, 6.07) is 14.5. The van der Waals surface area contributed by atoms with E-state index in [1.54, 1.807) is 0 Å². The lowest BCUT2D eigenvalue weighted by Gasteiger charge is -2.15. The van der Waals surface area contributed by atoms with Gasteiger partial charge in [-0.25, -0.2) is 4.79 Å². The molecule has 1 aliphatic rings. The fraction of sp³-hybridized carbons (Fsp3) is 0.368. The molecule has 0 unspecified atom stereocenters. The number of nitrogens with one attached hydrogen (secondary N) is 3. The third-order valence-electron chi connectivity index (χ3n) is 4.14. The van der Waals surface area contributed by atoms with Crippen LogP contribution in [-0.2, 0) is 6.42 Å². The van der Waals surface area contributed by atoms with Crippen LogP contribution in [0.15, 0.2) is 48.7 Å². The number of carbonyl (C=O) groups excluding carboxylic acids is 1. The number of benzene rings is 1. The standard InChI is InChI=1S/C19H24N4O/c1-14(20-13-11-16-4-2-3-12-21-16)15-5-7-17(8-6-15)22-19(24)23-18-9-10-18/h2-8,12,14,18,20H,9-11,13H2,1H3,(H2,22,23,24)/t14-/m0/s1. The summed E-state index contributed by atoms with van der Waals surface area (Å²) in [4.78, 5) is 16.0. The van der Waals surface area contributed by atoms with Crippen LogP contribution in [0, 0.1) is 0 Å². The van der Waals surface area contributed by atoms with Gasteiger partial charge in [-0.3, -0.25) is 4.98 Å². The molecule has 126 valence electrons. The fourth-order valence-electron chi connectivity index (χ4n) is 2.52. The summed E-state index contributed by atoms with van der Waals surface area (Å²) in [5.74, 6) is 0. The third-order valence-corrected chi connectivity index (χ3v) is 4.14. The lowest BCUT2D eigenvalue weighted by Crippen LogP contribution is -2.30. The number of aromatic nitrogens is 1. The molecule has 3 rings (SSSR count). The minimum absolute atomic E-state index is 0.119. The van der Waals surface area contributed by atoms with Crippen LogP contribution in [0.3, 0.4) is 0 Å². The number of hydrogen-bond donors (Lipinski definition) is 3. The molecule has 2 aromatic rings. The van der Waals surface area contributed by atoms with E-state index in [0.717, 1.165) is 37.2 Å². The van der Waals surface area contributed by atoms with Crippen molar-refractivity contribution in [3.05, 3.63) is 59.9 Å². The first-order valence-electron chi connectivity index (χ1n) is 8.51. The van der Waals surface area contributed by atoms with E-state index in [4.69, 9.17) is 0 Å². The van der Waals surface area contributed by atoms with Crippen LogP contribution in [0.25, 0.3) is 0 Å². The van der Waals surface area contributed by atoms with Crippen molar-refractivity contribution in [1.29, 1.82) is 0 Å². The topological polar surface area (TPSA) is 66.0 Å². The van der Waals surface area contributed by atoms with Gasteiger partial charge in [0.05, 0.1) is 0 Å². The van der Waals surface area contributed by atoms with Gasteiger partial charge in [0.25, 0.3) is 0 Å². The monoisotopic (exact) mass is 324 g/mol. The van der Waals surface area contributed by atoms with Gasteiger partial charge >= 0.3 is 6.03 Å². The highest BCUT2D eigenvalue weighted by Gasteiger charge is 2.23. The highest BCUT2D eigenvalue weighted by molar-refractivity contribution is 5.89. The van der Waals surface area contributed by atoms with Gasteiger partial charge in [0.1, 0.15) is 0 Å². The largest absolute Gasteiger partial charge is 0.335 e. The molecule has 1 aromatic heterocycles. The van der Waals surface area contributed by atoms with Crippen LogP contribution in [-0.4, -0.2) is 23.6 Å². The molecule has 0 spiro atoms. The van der Waals surface area contributed by atoms with Crippen molar-refractivity contribution in [2.45, 2.75) is 38.3 Å². The molecular weight excluding hydrogens is 300 g/mol. The number of amides is 2. The highest BCUT2D eigenvalue weighted by Crippen LogP contribution is 2.19.